The van der Waals surface area contributed by atoms with Crippen LogP contribution in [0.25, 0.3) is 10.9 Å². The van der Waals surface area contributed by atoms with Gasteiger partial charge in [0.05, 0.1) is 18.3 Å². The van der Waals surface area contributed by atoms with Crippen LogP contribution in [0.4, 0.5) is 11.8 Å². The number of nitrogens with zero attached hydrogens (tertiary/aromatic N) is 2. The molecule has 20 heavy (non-hydrogen) atoms. The minimum atomic E-state index is 0. The number of aromatic nitrogens is 2. The van der Waals surface area contributed by atoms with Gasteiger partial charge in [0.15, 0.2) is 0 Å². The largest absolute Gasteiger partial charge is 0.467 e. The summed E-state index contributed by atoms with van der Waals surface area (Å²) in [6.07, 6.45) is 1.66. The number of fused-ring (bicyclic) bond motifs is 1. The first-order valence-corrected chi connectivity index (χ1v) is 6.07. The van der Waals surface area contributed by atoms with E-state index in [1.807, 2.05) is 36.4 Å². The summed E-state index contributed by atoms with van der Waals surface area (Å²) in [7, 11) is 1.81. The van der Waals surface area contributed by atoms with Crippen LogP contribution < -0.4 is 10.6 Å². The Kier molecular flexibility index (Phi) is 4.42. The average molecular weight is 291 g/mol. The van der Waals surface area contributed by atoms with E-state index >= 15 is 0 Å². The molecule has 2 heterocycles. The van der Waals surface area contributed by atoms with Gasteiger partial charge in [-0.05, 0) is 24.3 Å². The van der Waals surface area contributed by atoms with Crippen LogP contribution >= 0.6 is 12.4 Å². The molecular weight excluding hydrogens is 276 g/mol. The molecule has 5 nitrogen and oxygen atoms in total. The van der Waals surface area contributed by atoms with Gasteiger partial charge in [0.1, 0.15) is 11.6 Å². The molecule has 3 aromatic rings. The SMILES string of the molecule is CNc1nc(NCc2ccco2)c2ccccc2n1.Cl. The molecule has 0 radical (unpaired) electrons. The topological polar surface area (TPSA) is 63.0 Å². The lowest BCUT2D eigenvalue weighted by atomic mass is 10.2. The van der Waals surface area contributed by atoms with Crippen LogP contribution in [0.3, 0.4) is 0 Å². The Balaban J connectivity index is 0.00000147. The quantitative estimate of drug-likeness (QED) is 0.772. The summed E-state index contributed by atoms with van der Waals surface area (Å²) in [4.78, 5) is 8.86. The van der Waals surface area contributed by atoms with Crippen LogP contribution in [0.5, 0.6) is 0 Å². The second-order valence-corrected chi connectivity index (χ2v) is 4.10. The number of halogens is 1. The molecule has 0 saturated carbocycles. The first kappa shape index (κ1) is 14.1. The van der Waals surface area contributed by atoms with Gasteiger partial charge in [0.25, 0.3) is 0 Å². The molecular formula is C14H15ClN4O. The van der Waals surface area contributed by atoms with Crippen molar-refractivity contribution in [3.05, 3.63) is 48.4 Å². The summed E-state index contributed by atoms with van der Waals surface area (Å²) >= 11 is 0. The van der Waals surface area contributed by atoms with E-state index in [0.717, 1.165) is 22.5 Å². The number of rotatable bonds is 4. The molecule has 6 heteroatoms. The standard InChI is InChI=1S/C14H14N4O.ClH/c1-15-14-17-12-7-3-2-6-11(12)13(18-14)16-9-10-5-4-8-19-10;/h2-8H,9H2,1H3,(H2,15,16,17,18);1H. The van der Waals surface area contributed by atoms with Crippen LogP contribution in [-0.2, 0) is 6.54 Å². The highest BCUT2D eigenvalue weighted by Gasteiger charge is 2.06. The van der Waals surface area contributed by atoms with E-state index in [1.165, 1.54) is 0 Å². The highest BCUT2D eigenvalue weighted by Crippen LogP contribution is 2.22. The molecule has 1 aromatic carbocycles. The van der Waals surface area contributed by atoms with Gasteiger partial charge in [-0.3, -0.25) is 0 Å². The monoisotopic (exact) mass is 290 g/mol. The van der Waals surface area contributed by atoms with Crippen molar-refractivity contribution in [3.63, 3.8) is 0 Å². The van der Waals surface area contributed by atoms with E-state index in [-0.39, 0.29) is 12.4 Å². The van der Waals surface area contributed by atoms with Crippen LogP contribution in [0.2, 0.25) is 0 Å². The Hall–Kier alpha value is -2.27. The fourth-order valence-corrected chi connectivity index (χ4v) is 1.91. The van der Waals surface area contributed by atoms with Gasteiger partial charge in [0.2, 0.25) is 5.95 Å². The van der Waals surface area contributed by atoms with Crippen molar-refractivity contribution in [1.82, 2.24) is 9.97 Å². The predicted octanol–water partition coefficient (Wildman–Crippen LogP) is 3.30. The highest BCUT2D eigenvalue weighted by atomic mass is 35.5. The van der Waals surface area contributed by atoms with Gasteiger partial charge in [-0.15, -0.1) is 12.4 Å². The summed E-state index contributed by atoms with van der Waals surface area (Å²) in [5.41, 5.74) is 0.906. The van der Waals surface area contributed by atoms with Gasteiger partial charge in [0, 0.05) is 12.4 Å². The Bertz CT molecular complexity index is 685. The Morgan fingerprint density at radius 3 is 2.70 bits per heavy atom. The van der Waals surface area contributed by atoms with Gasteiger partial charge in [-0.25, -0.2) is 4.98 Å². The van der Waals surface area contributed by atoms with Crippen molar-refractivity contribution < 1.29 is 4.42 Å². The average Bonchev–Trinajstić information content (AvgIpc) is 2.97. The number of nitrogens with one attached hydrogen (secondary N) is 2. The van der Waals surface area contributed by atoms with Crippen molar-refractivity contribution in [3.8, 4) is 0 Å². The lowest BCUT2D eigenvalue weighted by Crippen LogP contribution is -2.05. The van der Waals surface area contributed by atoms with E-state index in [4.69, 9.17) is 4.42 Å². The zero-order valence-corrected chi connectivity index (χ0v) is 11.8. The molecule has 0 amide bonds. The molecule has 0 aliphatic carbocycles. The maximum atomic E-state index is 5.30. The normalized spacial score (nSPS) is 10.1. The lowest BCUT2D eigenvalue weighted by Gasteiger charge is -2.09. The number of benzene rings is 1. The molecule has 3 rings (SSSR count). The molecule has 0 atom stereocenters. The van der Waals surface area contributed by atoms with E-state index in [2.05, 4.69) is 20.6 Å². The number of hydrogen-bond donors (Lipinski definition) is 2. The molecule has 0 aliphatic heterocycles. The minimum Gasteiger partial charge on any atom is -0.467 e. The van der Waals surface area contributed by atoms with E-state index in [1.54, 1.807) is 13.3 Å². The van der Waals surface area contributed by atoms with Gasteiger partial charge < -0.3 is 15.1 Å². The first-order valence-electron chi connectivity index (χ1n) is 6.07. The zero-order valence-electron chi connectivity index (χ0n) is 11.0. The molecule has 0 bridgehead atoms. The minimum absolute atomic E-state index is 0. The molecule has 0 saturated heterocycles. The second kappa shape index (κ2) is 6.25. The summed E-state index contributed by atoms with van der Waals surface area (Å²) in [5.74, 6) is 2.26. The van der Waals surface area contributed by atoms with Crippen molar-refractivity contribution in [1.29, 1.82) is 0 Å². The molecule has 0 aliphatic rings. The summed E-state index contributed by atoms with van der Waals surface area (Å²) in [5, 5.41) is 7.24. The van der Waals surface area contributed by atoms with Gasteiger partial charge in [-0.1, -0.05) is 12.1 Å². The molecule has 2 aromatic heterocycles. The van der Waals surface area contributed by atoms with Crippen molar-refractivity contribution >= 4 is 35.1 Å². The summed E-state index contributed by atoms with van der Waals surface area (Å²) in [6.45, 7) is 0.594. The van der Waals surface area contributed by atoms with Crippen molar-refractivity contribution in [2.24, 2.45) is 0 Å². The Morgan fingerprint density at radius 2 is 1.95 bits per heavy atom. The Morgan fingerprint density at radius 1 is 1.10 bits per heavy atom. The lowest BCUT2D eigenvalue weighted by molar-refractivity contribution is 0.518. The number of para-hydroxylation sites is 1. The first-order chi connectivity index (χ1) is 9.36. The Labute approximate surface area is 122 Å². The van der Waals surface area contributed by atoms with Crippen LogP contribution in [0, 0.1) is 0 Å². The number of hydrogen-bond acceptors (Lipinski definition) is 5. The third-order valence-corrected chi connectivity index (χ3v) is 2.84. The smallest absolute Gasteiger partial charge is 0.224 e. The van der Waals surface area contributed by atoms with E-state index in [9.17, 15) is 0 Å². The molecule has 0 spiro atoms. The van der Waals surface area contributed by atoms with Crippen LogP contribution in [-0.4, -0.2) is 17.0 Å². The van der Waals surface area contributed by atoms with E-state index < -0.39 is 0 Å². The second-order valence-electron chi connectivity index (χ2n) is 4.10. The third kappa shape index (κ3) is 2.83. The van der Waals surface area contributed by atoms with Gasteiger partial charge in [-0.2, -0.15) is 4.98 Å². The summed E-state index contributed by atoms with van der Waals surface area (Å²) in [6, 6.07) is 11.7. The molecule has 104 valence electrons. The number of anilines is 2. The van der Waals surface area contributed by atoms with E-state index in [0.29, 0.717) is 12.5 Å². The molecule has 0 unspecified atom stereocenters. The van der Waals surface area contributed by atoms with Crippen LogP contribution in [0.15, 0.2) is 47.1 Å². The third-order valence-electron chi connectivity index (χ3n) is 2.84. The number of furan rings is 1. The zero-order chi connectivity index (χ0) is 13.1. The summed E-state index contributed by atoms with van der Waals surface area (Å²) < 4.78 is 5.30. The van der Waals surface area contributed by atoms with Gasteiger partial charge >= 0.3 is 0 Å². The molecule has 0 fully saturated rings. The maximum absolute atomic E-state index is 5.30. The predicted molar refractivity (Wildman–Crippen MR) is 82.4 cm³/mol. The van der Waals surface area contributed by atoms with Crippen LogP contribution in [0.1, 0.15) is 5.76 Å². The molecule has 2 N–H and O–H groups in total. The van der Waals surface area contributed by atoms with Crippen molar-refractivity contribution in [2.75, 3.05) is 17.7 Å². The maximum Gasteiger partial charge on any atom is 0.224 e. The highest BCUT2D eigenvalue weighted by molar-refractivity contribution is 5.89. The fourth-order valence-electron chi connectivity index (χ4n) is 1.91. The van der Waals surface area contributed by atoms with Crippen molar-refractivity contribution in [2.45, 2.75) is 6.54 Å². The fraction of sp³-hybridized carbons (Fsp3) is 0.143.